The molecule has 0 aliphatic carbocycles. The van der Waals surface area contributed by atoms with E-state index in [1.54, 1.807) is 6.07 Å². The summed E-state index contributed by atoms with van der Waals surface area (Å²) in [5, 5.41) is 0. The van der Waals surface area contributed by atoms with Gasteiger partial charge in [-0.25, -0.2) is 4.39 Å². The van der Waals surface area contributed by atoms with Crippen molar-refractivity contribution in [3.63, 3.8) is 0 Å². The first-order valence-electron chi connectivity index (χ1n) is 4.76. The molecule has 0 radical (unpaired) electrons. The molecule has 0 spiro atoms. The Labute approximate surface area is 93.6 Å². The minimum absolute atomic E-state index is 0.293. The first kappa shape index (κ1) is 13.4. The minimum Gasteiger partial charge on any atom is -0.398 e. The molecule has 2 N–H and O–H groups in total. The summed E-state index contributed by atoms with van der Waals surface area (Å²) >= 11 is 3.06. The summed E-state index contributed by atoms with van der Waals surface area (Å²) < 4.78 is 13.4. The normalized spacial score (nSPS) is 9.64. The van der Waals surface area contributed by atoms with Gasteiger partial charge in [0.15, 0.2) is 0 Å². The van der Waals surface area contributed by atoms with Crippen molar-refractivity contribution in [2.24, 2.45) is 0 Å². The van der Waals surface area contributed by atoms with Crippen molar-refractivity contribution in [3.8, 4) is 0 Å². The van der Waals surface area contributed by atoms with Gasteiger partial charge in [-0.2, -0.15) is 0 Å². The van der Waals surface area contributed by atoms with E-state index < -0.39 is 0 Å². The molecule has 0 saturated carbocycles. The molecule has 0 fully saturated rings. The van der Waals surface area contributed by atoms with Gasteiger partial charge in [-0.05, 0) is 39.5 Å². The highest BCUT2D eigenvalue weighted by Gasteiger charge is 2.07. The molecule has 0 unspecified atom stereocenters. The Morgan fingerprint density at radius 2 is 1.79 bits per heavy atom. The largest absolute Gasteiger partial charge is 0.398 e. The van der Waals surface area contributed by atoms with Crippen LogP contribution in [0.15, 0.2) is 16.6 Å². The standard InChI is InChI=1S/C9H11BrFN.C2H6/c1-5(2)6-3-7(11)9(10)8(12)4-6;1-2/h3-5H,12H2,1-2H3;1-2H3. The summed E-state index contributed by atoms with van der Waals surface area (Å²) in [6, 6.07) is 3.29. The smallest absolute Gasteiger partial charge is 0.139 e. The molecule has 0 bridgehead atoms. The fraction of sp³-hybridized carbons (Fsp3) is 0.455. The van der Waals surface area contributed by atoms with Crippen molar-refractivity contribution in [2.75, 3.05) is 5.73 Å². The monoisotopic (exact) mass is 261 g/mol. The maximum atomic E-state index is 13.1. The zero-order valence-corrected chi connectivity index (χ0v) is 10.7. The zero-order valence-electron chi connectivity index (χ0n) is 9.07. The van der Waals surface area contributed by atoms with Gasteiger partial charge in [0.2, 0.25) is 0 Å². The summed E-state index contributed by atoms with van der Waals surface area (Å²) in [5.74, 6) is 0.00796. The molecular weight excluding hydrogens is 245 g/mol. The number of nitrogens with two attached hydrogens (primary N) is 1. The Morgan fingerprint density at radius 3 is 2.14 bits per heavy atom. The van der Waals surface area contributed by atoms with E-state index in [9.17, 15) is 4.39 Å². The Kier molecular flexibility index (Phi) is 5.77. The van der Waals surface area contributed by atoms with Gasteiger partial charge in [0.1, 0.15) is 5.82 Å². The van der Waals surface area contributed by atoms with E-state index in [0.717, 1.165) is 5.56 Å². The van der Waals surface area contributed by atoms with Crippen molar-refractivity contribution in [2.45, 2.75) is 33.6 Å². The molecule has 0 saturated heterocycles. The fourth-order valence-corrected chi connectivity index (χ4v) is 1.19. The van der Waals surface area contributed by atoms with Crippen LogP contribution < -0.4 is 5.73 Å². The molecule has 3 heteroatoms. The van der Waals surface area contributed by atoms with Gasteiger partial charge in [0.25, 0.3) is 0 Å². The Morgan fingerprint density at radius 1 is 1.29 bits per heavy atom. The first-order valence-corrected chi connectivity index (χ1v) is 5.56. The predicted octanol–water partition coefficient (Wildman–Crippen LogP) is 4.32. The minimum atomic E-state index is -0.293. The molecular formula is C11H17BrFN. The van der Waals surface area contributed by atoms with Crippen LogP contribution in [0.3, 0.4) is 0 Å². The third-order valence-electron chi connectivity index (χ3n) is 1.75. The summed E-state index contributed by atoms with van der Waals surface area (Å²) in [5.41, 5.74) is 6.95. The summed E-state index contributed by atoms with van der Waals surface area (Å²) in [6.07, 6.45) is 0. The second-order valence-corrected chi connectivity index (χ2v) is 3.85. The van der Waals surface area contributed by atoms with Crippen LogP contribution in [0.4, 0.5) is 10.1 Å². The molecule has 1 nitrogen and oxygen atoms in total. The molecule has 0 atom stereocenters. The van der Waals surface area contributed by atoms with Crippen LogP contribution in [0.1, 0.15) is 39.2 Å². The quantitative estimate of drug-likeness (QED) is 0.749. The Hall–Kier alpha value is -0.570. The van der Waals surface area contributed by atoms with Crippen LogP contribution in [0.5, 0.6) is 0 Å². The SMILES string of the molecule is CC.CC(C)c1cc(N)c(Br)c(F)c1. The van der Waals surface area contributed by atoms with Crippen molar-refractivity contribution < 1.29 is 4.39 Å². The highest BCUT2D eigenvalue weighted by Crippen LogP contribution is 2.27. The molecule has 1 rings (SSSR count). The number of anilines is 1. The average molecular weight is 262 g/mol. The van der Waals surface area contributed by atoms with Gasteiger partial charge in [0.05, 0.1) is 4.47 Å². The molecule has 1 aromatic carbocycles. The van der Waals surface area contributed by atoms with Crippen LogP contribution in [0.25, 0.3) is 0 Å². The molecule has 1 aromatic rings. The van der Waals surface area contributed by atoms with Crippen LogP contribution in [0, 0.1) is 5.82 Å². The van der Waals surface area contributed by atoms with Crippen molar-refractivity contribution in [1.29, 1.82) is 0 Å². The topological polar surface area (TPSA) is 26.0 Å². The third-order valence-corrected chi connectivity index (χ3v) is 2.58. The number of rotatable bonds is 1. The van der Waals surface area contributed by atoms with Crippen molar-refractivity contribution in [3.05, 3.63) is 28.0 Å². The number of nitrogen functional groups attached to an aromatic ring is 1. The lowest BCUT2D eigenvalue weighted by Crippen LogP contribution is -1.95. The average Bonchev–Trinajstić information content (AvgIpc) is 2.16. The number of hydrogen-bond acceptors (Lipinski definition) is 1. The highest BCUT2D eigenvalue weighted by molar-refractivity contribution is 9.10. The van der Waals surface area contributed by atoms with E-state index in [-0.39, 0.29) is 5.82 Å². The molecule has 14 heavy (non-hydrogen) atoms. The number of hydrogen-bond donors (Lipinski definition) is 1. The second-order valence-electron chi connectivity index (χ2n) is 3.06. The summed E-state index contributed by atoms with van der Waals surface area (Å²) in [6.45, 7) is 8.00. The van der Waals surface area contributed by atoms with Crippen LogP contribution >= 0.6 is 15.9 Å². The van der Waals surface area contributed by atoms with Gasteiger partial charge >= 0.3 is 0 Å². The zero-order chi connectivity index (χ0) is 11.3. The maximum Gasteiger partial charge on any atom is 0.139 e. The van der Waals surface area contributed by atoms with E-state index >= 15 is 0 Å². The van der Waals surface area contributed by atoms with Crippen molar-refractivity contribution >= 4 is 21.6 Å². The lowest BCUT2D eigenvalue weighted by Gasteiger charge is -2.08. The van der Waals surface area contributed by atoms with E-state index in [2.05, 4.69) is 15.9 Å². The van der Waals surface area contributed by atoms with Crippen molar-refractivity contribution in [1.82, 2.24) is 0 Å². The third kappa shape index (κ3) is 3.29. The molecule has 0 aromatic heterocycles. The van der Waals surface area contributed by atoms with E-state index in [1.165, 1.54) is 6.07 Å². The van der Waals surface area contributed by atoms with Gasteiger partial charge in [0, 0.05) is 5.69 Å². The van der Waals surface area contributed by atoms with Gasteiger partial charge in [-0.3, -0.25) is 0 Å². The van der Waals surface area contributed by atoms with Crippen LogP contribution in [0.2, 0.25) is 0 Å². The number of benzene rings is 1. The van der Waals surface area contributed by atoms with E-state index in [4.69, 9.17) is 5.73 Å². The lowest BCUT2D eigenvalue weighted by molar-refractivity contribution is 0.617. The molecule has 80 valence electrons. The summed E-state index contributed by atoms with van der Waals surface area (Å²) in [4.78, 5) is 0. The second kappa shape index (κ2) is 6.02. The Bertz CT molecular complexity index is 274. The predicted molar refractivity (Wildman–Crippen MR) is 63.9 cm³/mol. The maximum absolute atomic E-state index is 13.1. The van der Waals surface area contributed by atoms with Gasteiger partial charge in [-0.1, -0.05) is 27.7 Å². The number of halogens is 2. The lowest BCUT2D eigenvalue weighted by atomic mass is 10.0. The molecule has 0 amide bonds. The molecule has 0 heterocycles. The summed E-state index contributed by atoms with van der Waals surface area (Å²) in [7, 11) is 0. The first-order chi connectivity index (χ1) is 6.52. The van der Waals surface area contributed by atoms with E-state index in [0.29, 0.717) is 16.1 Å². The van der Waals surface area contributed by atoms with Crippen LogP contribution in [-0.2, 0) is 0 Å². The highest BCUT2D eigenvalue weighted by atomic mass is 79.9. The molecule has 0 aliphatic heterocycles. The van der Waals surface area contributed by atoms with Gasteiger partial charge < -0.3 is 5.73 Å². The Balaban J connectivity index is 0.000000791. The molecule has 0 aliphatic rings. The van der Waals surface area contributed by atoms with Crippen LogP contribution in [-0.4, -0.2) is 0 Å². The fourth-order valence-electron chi connectivity index (χ4n) is 0.965. The van der Waals surface area contributed by atoms with Gasteiger partial charge in [-0.15, -0.1) is 0 Å². The van der Waals surface area contributed by atoms with E-state index in [1.807, 2.05) is 27.7 Å².